The van der Waals surface area contributed by atoms with E-state index in [-0.39, 0.29) is 0 Å². The molecular weight excluding hydrogens is 292 g/mol. The number of aliphatic hydroxyl groups is 1. The average molecular weight is 306 g/mol. The second-order valence-corrected chi connectivity index (χ2v) is 5.47. The van der Waals surface area contributed by atoms with Crippen molar-refractivity contribution in [1.29, 1.82) is 0 Å². The number of thiazole rings is 1. The summed E-state index contributed by atoms with van der Waals surface area (Å²) >= 11 is 1.17. The molecule has 0 radical (unpaired) electrons. The van der Waals surface area contributed by atoms with E-state index in [1.807, 2.05) is 31.2 Å². The second kappa shape index (κ2) is 6.47. The average Bonchev–Trinajstić information content (AvgIpc) is 2.94. The second-order valence-electron chi connectivity index (χ2n) is 4.44. The number of aromatic nitrogens is 1. The van der Waals surface area contributed by atoms with Gasteiger partial charge in [-0.2, -0.15) is 0 Å². The Hall–Kier alpha value is -2.25. The third kappa shape index (κ3) is 3.65. The Morgan fingerprint density at radius 2 is 2.00 bits per heavy atom. The van der Waals surface area contributed by atoms with Crippen molar-refractivity contribution in [2.75, 3.05) is 6.61 Å². The molecule has 0 aliphatic rings. The van der Waals surface area contributed by atoms with E-state index in [2.05, 4.69) is 10.3 Å². The maximum atomic E-state index is 11.9. The van der Waals surface area contributed by atoms with Crippen LogP contribution in [0.4, 0.5) is 0 Å². The lowest BCUT2D eigenvalue weighted by Gasteiger charge is -2.09. The third-order valence-corrected chi connectivity index (χ3v) is 3.86. The molecule has 1 atom stereocenters. The summed E-state index contributed by atoms with van der Waals surface area (Å²) < 4.78 is 0. The van der Waals surface area contributed by atoms with Crippen molar-refractivity contribution in [3.8, 4) is 10.6 Å². The minimum atomic E-state index is -1.32. The smallest absolute Gasteiger partial charge is 0.328 e. The van der Waals surface area contributed by atoms with E-state index < -0.39 is 24.5 Å². The minimum absolute atomic E-state index is 0.297. The minimum Gasteiger partial charge on any atom is -0.480 e. The fourth-order valence-corrected chi connectivity index (χ4v) is 2.45. The molecule has 0 unspecified atom stereocenters. The molecule has 0 fully saturated rings. The molecule has 1 heterocycles. The normalized spacial score (nSPS) is 11.9. The van der Waals surface area contributed by atoms with Crippen LogP contribution in [-0.4, -0.2) is 39.7 Å². The molecule has 2 rings (SSSR count). The summed E-state index contributed by atoms with van der Waals surface area (Å²) in [4.78, 5) is 27.1. The molecule has 6 nitrogen and oxygen atoms in total. The van der Waals surface area contributed by atoms with E-state index >= 15 is 0 Å². The molecule has 0 aliphatic heterocycles. The summed E-state index contributed by atoms with van der Waals surface area (Å²) in [6.45, 7) is 1.32. The van der Waals surface area contributed by atoms with Crippen molar-refractivity contribution in [3.05, 3.63) is 40.9 Å². The van der Waals surface area contributed by atoms with Gasteiger partial charge in [0.15, 0.2) is 6.04 Å². The number of amides is 1. The van der Waals surface area contributed by atoms with Crippen molar-refractivity contribution in [3.63, 3.8) is 0 Å². The van der Waals surface area contributed by atoms with Crippen LogP contribution in [-0.2, 0) is 4.79 Å². The Kier molecular flexibility index (Phi) is 4.66. The van der Waals surface area contributed by atoms with Gasteiger partial charge in [-0.15, -0.1) is 11.3 Å². The van der Waals surface area contributed by atoms with Gasteiger partial charge >= 0.3 is 5.97 Å². The summed E-state index contributed by atoms with van der Waals surface area (Å²) in [7, 11) is 0. The van der Waals surface area contributed by atoms with Gasteiger partial charge in [0.1, 0.15) is 9.88 Å². The molecular formula is C14H14N2O4S. The van der Waals surface area contributed by atoms with Crippen LogP contribution in [0.1, 0.15) is 15.2 Å². The number of carbonyl (C=O) groups excluding carboxylic acids is 1. The van der Waals surface area contributed by atoms with Gasteiger partial charge in [-0.05, 0) is 6.92 Å². The maximum absolute atomic E-state index is 11.9. The Morgan fingerprint density at radius 3 is 2.57 bits per heavy atom. The van der Waals surface area contributed by atoms with Crippen molar-refractivity contribution in [1.82, 2.24) is 10.3 Å². The zero-order chi connectivity index (χ0) is 15.4. The number of nitrogens with one attached hydrogen (secondary N) is 1. The summed E-state index contributed by atoms with van der Waals surface area (Å²) in [6, 6.07) is 6.39. The first-order chi connectivity index (χ1) is 10.0. The molecule has 7 heteroatoms. The number of carboxylic acid groups (broad SMARTS) is 1. The number of hydrogen-bond donors (Lipinski definition) is 3. The fraction of sp³-hybridized carbons (Fsp3) is 0.214. The predicted octanol–water partition coefficient (Wildman–Crippen LogP) is 1.29. The lowest BCUT2D eigenvalue weighted by atomic mass is 10.2. The van der Waals surface area contributed by atoms with Gasteiger partial charge < -0.3 is 15.5 Å². The van der Waals surface area contributed by atoms with Crippen LogP contribution in [0.25, 0.3) is 10.6 Å². The lowest BCUT2D eigenvalue weighted by molar-refractivity contribution is -0.140. The highest BCUT2D eigenvalue weighted by molar-refractivity contribution is 7.16. The molecule has 2 aromatic rings. The van der Waals surface area contributed by atoms with E-state index in [9.17, 15) is 9.59 Å². The molecule has 0 aliphatic carbocycles. The first-order valence-electron chi connectivity index (χ1n) is 6.18. The maximum Gasteiger partial charge on any atom is 0.328 e. The fourth-order valence-electron chi connectivity index (χ4n) is 1.62. The highest BCUT2D eigenvalue weighted by Crippen LogP contribution is 2.25. The first kappa shape index (κ1) is 15.1. The van der Waals surface area contributed by atoms with Gasteiger partial charge in [-0.25, -0.2) is 9.78 Å². The predicted molar refractivity (Wildman–Crippen MR) is 78.3 cm³/mol. The SMILES string of the molecule is Cc1ccc(-c2ncc(C(=O)N[C@@H](CO)C(=O)O)s2)cc1. The standard InChI is InChI=1S/C14H14N2O4S/c1-8-2-4-9(5-3-8)13-15-6-11(21-13)12(18)16-10(7-17)14(19)20/h2-6,10,17H,7H2,1H3,(H,16,18)(H,19,20)/t10-/m0/s1. The Labute approximate surface area is 125 Å². The van der Waals surface area contributed by atoms with E-state index in [0.717, 1.165) is 11.1 Å². The largest absolute Gasteiger partial charge is 0.480 e. The number of aliphatic hydroxyl groups excluding tert-OH is 1. The summed E-state index contributed by atoms with van der Waals surface area (Å²) in [5, 5.41) is 20.6. The van der Waals surface area contributed by atoms with Crippen LogP contribution >= 0.6 is 11.3 Å². The molecule has 1 aromatic carbocycles. The Balaban J connectivity index is 2.14. The van der Waals surface area contributed by atoms with Gasteiger partial charge in [-0.1, -0.05) is 29.8 Å². The molecule has 0 bridgehead atoms. The molecule has 0 spiro atoms. The number of benzene rings is 1. The van der Waals surface area contributed by atoms with E-state index in [4.69, 9.17) is 10.2 Å². The summed E-state index contributed by atoms with van der Waals surface area (Å²) in [5.74, 6) is -1.85. The van der Waals surface area contributed by atoms with Crippen LogP contribution in [0.5, 0.6) is 0 Å². The van der Waals surface area contributed by atoms with E-state index in [1.165, 1.54) is 17.5 Å². The topological polar surface area (TPSA) is 99.5 Å². The summed E-state index contributed by atoms with van der Waals surface area (Å²) in [5.41, 5.74) is 2.02. The molecule has 3 N–H and O–H groups in total. The number of hydrogen-bond acceptors (Lipinski definition) is 5. The van der Waals surface area contributed by atoms with Crippen LogP contribution in [0, 0.1) is 6.92 Å². The zero-order valence-corrected chi connectivity index (χ0v) is 12.1. The number of aryl methyl sites for hydroxylation is 1. The quantitative estimate of drug-likeness (QED) is 0.773. The van der Waals surface area contributed by atoms with Crippen LogP contribution < -0.4 is 5.32 Å². The number of aliphatic carboxylic acids is 1. The Morgan fingerprint density at radius 1 is 1.33 bits per heavy atom. The van der Waals surface area contributed by atoms with Gasteiger partial charge in [0.2, 0.25) is 0 Å². The monoisotopic (exact) mass is 306 g/mol. The molecule has 1 aromatic heterocycles. The number of carbonyl (C=O) groups is 2. The zero-order valence-electron chi connectivity index (χ0n) is 11.2. The summed E-state index contributed by atoms with van der Waals surface area (Å²) in [6.07, 6.45) is 1.39. The van der Waals surface area contributed by atoms with Gasteiger partial charge in [-0.3, -0.25) is 4.79 Å². The van der Waals surface area contributed by atoms with Crippen molar-refractivity contribution in [2.45, 2.75) is 13.0 Å². The number of carboxylic acids is 1. The van der Waals surface area contributed by atoms with Gasteiger partial charge in [0, 0.05) is 5.56 Å². The van der Waals surface area contributed by atoms with Gasteiger partial charge in [0.25, 0.3) is 5.91 Å². The van der Waals surface area contributed by atoms with Crippen molar-refractivity contribution in [2.24, 2.45) is 0 Å². The van der Waals surface area contributed by atoms with Crippen molar-refractivity contribution < 1.29 is 19.8 Å². The lowest BCUT2D eigenvalue weighted by Crippen LogP contribution is -2.43. The van der Waals surface area contributed by atoms with Crippen molar-refractivity contribution >= 4 is 23.2 Å². The molecule has 1 amide bonds. The Bertz CT molecular complexity index is 651. The van der Waals surface area contributed by atoms with Gasteiger partial charge in [0.05, 0.1) is 12.8 Å². The molecule has 0 saturated heterocycles. The molecule has 0 saturated carbocycles. The third-order valence-electron chi connectivity index (χ3n) is 2.81. The van der Waals surface area contributed by atoms with E-state index in [1.54, 1.807) is 0 Å². The highest BCUT2D eigenvalue weighted by atomic mass is 32.1. The van der Waals surface area contributed by atoms with Crippen LogP contribution in [0.2, 0.25) is 0 Å². The first-order valence-corrected chi connectivity index (χ1v) is 7.00. The highest BCUT2D eigenvalue weighted by Gasteiger charge is 2.21. The van der Waals surface area contributed by atoms with Crippen LogP contribution in [0.3, 0.4) is 0 Å². The van der Waals surface area contributed by atoms with E-state index in [0.29, 0.717) is 9.88 Å². The molecule has 110 valence electrons. The number of nitrogens with zero attached hydrogens (tertiary/aromatic N) is 1. The molecule has 21 heavy (non-hydrogen) atoms. The van der Waals surface area contributed by atoms with Crippen LogP contribution in [0.15, 0.2) is 30.5 Å². The number of rotatable bonds is 5.